The van der Waals surface area contributed by atoms with E-state index in [0.29, 0.717) is 32.6 Å². The second kappa shape index (κ2) is 11.3. The molecule has 0 spiro atoms. The van der Waals surface area contributed by atoms with E-state index in [1.54, 1.807) is 6.20 Å². The third-order valence-corrected chi connectivity index (χ3v) is 7.48. The van der Waals surface area contributed by atoms with Gasteiger partial charge in [-0.25, -0.2) is 4.98 Å². The molecule has 2 heterocycles. The van der Waals surface area contributed by atoms with Crippen molar-refractivity contribution in [3.8, 4) is 17.1 Å². The first-order valence-corrected chi connectivity index (χ1v) is 13.5. The average molecular weight is 553 g/mol. The third kappa shape index (κ3) is 5.96. The molecule has 6 nitrogen and oxygen atoms in total. The first-order valence-electron chi connectivity index (χ1n) is 10.9. The monoisotopic (exact) mass is 551 g/mol. The van der Waals surface area contributed by atoms with E-state index in [0.717, 1.165) is 21.7 Å². The molecule has 2 aromatic heterocycles. The van der Waals surface area contributed by atoms with Crippen molar-refractivity contribution >= 4 is 57.3 Å². The number of amides is 1. The lowest BCUT2D eigenvalue weighted by Crippen LogP contribution is -2.14. The zero-order valence-electron chi connectivity index (χ0n) is 18.8. The maximum Gasteiger partial charge on any atom is 0.236 e. The van der Waals surface area contributed by atoms with E-state index < -0.39 is 0 Å². The fraction of sp³-hybridized carbons (Fsp3) is 0.0769. The highest BCUT2D eigenvalue weighted by Crippen LogP contribution is 2.29. The van der Waals surface area contributed by atoms with Crippen LogP contribution >= 0.6 is 46.3 Å². The van der Waals surface area contributed by atoms with Crippen LogP contribution in [0.1, 0.15) is 10.4 Å². The normalized spacial score (nSPS) is 10.9. The molecule has 0 aliphatic rings. The molecule has 5 aromatic rings. The number of aromatic nitrogens is 4. The van der Waals surface area contributed by atoms with Gasteiger partial charge in [-0.1, -0.05) is 77.4 Å². The molecule has 5 rings (SSSR count). The number of thioether (sulfide) groups is 1. The fourth-order valence-electron chi connectivity index (χ4n) is 3.54. The van der Waals surface area contributed by atoms with Crippen molar-refractivity contribution in [2.24, 2.45) is 0 Å². The van der Waals surface area contributed by atoms with E-state index >= 15 is 0 Å². The van der Waals surface area contributed by atoms with Gasteiger partial charge in [-0.15, -0.1) is 21.5 Å². The lowest BCUT2D eigenvalue weighted by atomic mass is 10.1. The zero-order valence-corrected chi connectivity index (χ0v) is 21.9. The average Bonchev–Trinajstić information content (AvgIpc) is 3.50. The van der Waals surface area contributed by atoms with Crippen LogP contribution in [0, 0.1) is 0 Å². The molecular weight excluding hydrogens is 533 g/mol. The van der Waals surface area contributed by atoms with Crippen LogP contribution in [0.2, 0.25) is 10.0 Å². The molecule has 0 fully saturated rings. The van der Waals surface area contributed by atoms with Gasteiger partial charge in [0.05, 0.1) is 5.75 Å². The highest BCUT2D eigenvalue weighted by Gasteiger charge is 2.18. The van der Waals surface area contributed by atoms with E-state index in [4.69, 9.17) is 23.2 Å². The standard InChI is InChI=1S/C26H19Cl2N5OS2/c27-19-9-11-21(12-10-19)33-24(18-6-2-1-3-7-18)31-32-26(33)35-16-23(34)30-25-29-15-22(36-25)14-17-5-4-8-20(28)13-17/h1-13,15H,14,16H2,(H,29,30,34). The SMILES string of the molecule is O=C(CSc1nnc(-c2ccccc2)n1-c1ccc(Cl)cc1)Nc1ncc(Cc2cccc(Cl)c2)s1. The van der Waals surface area contributed by atoms with Gasteiger partial charge in [0.25, 0.3) is 0 Å². The third-order valence-electron chi connectivity index (χ3n) is 5.15. The topological polar surface area (TPSA) is 72.7 Å². The summed E-state index contributed by atoms with van der Waals surface area (Å²) in [6, 6.07) is 24.9. The van der Waals surface area contributed by atoms with E-state index in [9.17, 15) is 4.79 Å². The van der Waals surface area contributed by atoms with E-state index in [2.05, 4.69) is 20.5 Å². The molecule has 0 unspecified atom stereocenters. The minimum atomic E-state index is -0.171. The van der Waals surface area contributed by atoms with Crippen LogP contribution in [0.25, 0.3) is 17.1 Å². The van der Waals surface area contributed by atoms with Crippen molar-refractivity contribution in [2.75, 3.05) is 11.1 Å². The number of anilines is 1. The van der Waals surface area contributed by atoms with E-state index in [-0.39, 0.29) is 11.7 Å². The van der Waals surface area contributed by atoms with Crippen LogP contribution in [0.15, 0.2) is 90.2 Å². The smallest absolute Gasteiger partial charge is 0.236 e. The van der Waals surface area contributed by atoms with Crippen LogP contribution in [-0.2, 0) is 11.2 Å². The Kier molecular flexibility index (Phi) is 7.67. The molecule has 3 aromatic carbocycles. The van der Waals surface area contributed by atoms with Crippen molar-refractivity contribution < 1.29 is 4.79 Å². The Balaban J connectivity index is 1.28. The van der Waals surface area contributed by atoms with Gasteiger partial charge >= 0.3 is 0 Å². The lowest BCUT2D eigenvalue weighted by Gasteiger charge is -2.10. The van der Waals surface area contributed by atoms with Gasteiger partial charge in [-0.2, -0.15) is 0 Å². The summed E-state index contributed by atoms with van der Waals surface area (Å²) in [6.07, 6.45) is 2.48. The van der Waals surface area contributed by atoms with Crippen molar-refractivity contribution in [3.05, 3.63) is 106 Å². The summed E-state index contributed by atoms with van der Waals surface area (Å²) in [5.41, 5.74) is 2.87. The highest BCUT2D eigenvalue weighted by molar-refractivity contribution is 7.99. The molecule has 0 radical (unpaired) electrons. The predicted molar refractivity (Wildman–Crippen MR) is 148 cm³/mol. The van der Waals surface area contributed by atoms with Crippen LogP contribution in [0.3, 0.4) is 0 Å². The second-order valence-electron chi connectivity index (χ2n) is 7.76. The van der Waals surface area contributed by atoms with Gasteiger partial charge in [0.1, 0.15) is 0 Å². The van der Waals surface area contributed by atoms with Gasteiger partial charge in [0.2, 0.25) is 5.91 Å². The molecule has 1 N–H and O–H groups in total. The maximum atomic E-state index is 12.7. The number of thiazole rings is 1. The summed E-state index contributed by atoms with van der Waals surface area (Å²) in [6.45, 7) is 0. The van der Waals surface area contributed by atoms with Gasteiger partial charge in [0.15, 0.2) is 16.1 Å². The number of hydrogen-bond acceptors (Lipinski definition) is 6. The van der Waals surface area contributed by atoms with Crippen molar-refractivity contribution in [1.82, 2.24) is 19.7 Å². The number of carbonyl (C=O) groups is 1. The Bertz CT molecular complexity index is 1490. The Morgan fingerprint density at radius 1 is 0.944 bits per heavy atom. The quantitative estimate of drug-likeness (QED) is 0.210. The summed E-state index contributed by atoms with van der Waals surface area (Å²) < 4.78 is 1.93. The predicted octanol–water partition coefficient (Wildman–Crippen LogP) is 7.02. The Labute approximate surface area is 226 Å². The number of hydrogen-bond donors (Lipinski definition) is 1. The zero-order chi connectivity index (χ0) is 24.9. The molecule has 0 aliphatic carbocycles. The number of nitrogens with one attached hydrogen (secondary N) is 1. The Morgan fingerprint density at radius 3 is 2.53 bits per heavy atom. The second-order valence-corrected chi connectivity index (χ2v) is 10.7. The van der Waals surface area contributed by atoms with Crippen molar-refractivity contribution in [3.63, 3.8) is 0 Å². The minimum Gasteiger partial charge on any atom is -0.301 e. The van der Waals surface area contributed by atoms with Crippen molar-refractivity contribution in [2.45, 2.75) is 11.6 Å². The van der Waals surface area contributed by atoms with E-state index in [1.807, 2.05) is 83.4 Å². The fourth-order valence-corrected chi connectivity index (χ4v) is 5.49. The molecule has 1 amide bonds. The maximum absolute atomic E-state index is 12.7. The first kappa shape index (κ1) is 24.5. The van der Waals surface area contributed by atoms with Gasteiger partial charge in [-0.05, 0) is 42.0 Å². The highest BCUT2D eigenvalue weighted by atomic mass is 35.5. The number of carbonyl (C=O) groups excluding carboxylic acids is 1. The molecule has 10 heteroatoms. The molecule has 0 aliphatic heterocycles. The molecule has 0 saturated heterocycles. The molecule has 0 atom stereocenters. The molecule has 36 heavy (non-hydrogen) atoms. The lowest BCUT2D eigenvalue weighted by molar-refractivity contribution is -0.113. The summed E-state index contributed by atoms with van der Waals surface area (Å²) >= 11 is 14.9. The molecule has 180 valence electrons. The van der Waals surface area contributed by atoms with Gasteiger partial charge in [-0.3, -0.25) is 9.36 Å². The molecule has 0 saturated carbocycles. The van der Waals surface area contributed by atoms with Crippen LogP contribution in [0.4, 0.5) is 5.13 Å². The molecule has 0 bridgehead atoms. The number of nitrogens with zero attached hydrogens (tertiary/aromatic N) is 4. The number of halogens is 2. The summed E-state index contributed by atoms with van der Waals surface area (Å²) in [4.78, 5) is 18.1. The van der Waals surface area contributed by atoms with E-state index in [1.165, 1.54) is 23.1 Å². The first-order chi connectivity index (χ1) is 17.5. The van der Waals surface area contributed by atoms with Crippen LogP contribution in [-0.4, -0.2) is 31.4 Å². The number of rotatable bonds is 8. The minimum absolute atomic E-state index is 0.156. The van der Waals surface area contributed by atoms with Crippen LogP contribution < -0.4 is 5.32 Å². The summed E-state index contributed by atoms with van der Waals surface area (Å²) in [5, 5.41) is 14.2. The Morgan fingerprint density at radius 2 is 1.75 bits per heavy atom. The summed E-state index contributed by atoms with van der Waals surface area (Å²) in [7, 11) is 0. The molecular formula is C26H19Cl2N5OS2. The van der Waals surface area contributed by atoms with Gasteiger partial charge < -0.3 is 5.32 Å². The summed E-state index contributed by atoms with van der Waals surface area (Å²) in [5.74, 6) is 0.672. The largest absolute Gasteiger partial charge is 0.301 e. The Hall–Kier alpha value is -3.17. The number of benzene rings is 3. The van der Waals surface area contributed by atoms with Crippen LogP contribution in [0.5, 0.6) is 0 Å². The van der Waals surface area contributed by atoms with Crippen molar-refractivity contribution in [1.29, 1.82) is 0 Å². The van der Waals surface area contributed by atoms with Gasteiger partial charge in [0, 0.05) is 38.8 Å².